The average Bonchev–Trinajstić information content (AvgIpc) is 2.54. The lowest BCUT2D eigenvalue weighted by atomic mass is 10.0. The number of benzene rings is 1. The highest BCUT2D eigenvalue weighted by molar-refractivity contribution is 5.95. The van der Waals surface area contributed by atoms with Crippen LogP contribution in [0.1, 0.15) is 29.6 Å². The van der Waals surface area contributed by atoms with E-state index in [-0.39, 0.29) is 5.91 Å². The van der Waals surface area contributed by atoms with Gasteiger partial charge in [-0.1, -0.05) is 6.42 Å². The number of amides is 1. The smallest absolute Gasteiger partial charge is 0.253 e. The molecule has 1 heterocycles. The summed E-state index contributed by atoms with van der Waals surface area (Å²) < 4.78 is 10.4. The number of carbonyl (C=O) groups excluding carboxylic acids is 1. The van der Waals surface area contributed by atoms with Gasteiger partial charge >= 0.3 is 0 Å². The van der Waals surface area contributed by atoms with Crippen LogP contribution >= 0.6 is 0 Å². The van der Waals surface area contributed by atoms with E-state index in [1.165, 1.54) is 12.8 Å². The van der Waals surface area contributed by atoms with Crippen molar-refractivity contribution in [2.24, 2.45) is 0 Å². The summed E-state index contributed by atoms with van der Waals surface area (Å²) in [6, 6.07) is 5.64. The molecule has 0 aromatic heterocycles. The van der Waals surface area contributed by atoms with Gasteiger partial charge in [-0.3, -0.25) is 4.79 Å². The van der Waals surface area contributed by atoms with Gasteiger partial charge in [0.1, 0.15) is 11.5 Å². The topological polar surface area (TPSA) is 50.8 Å². The van der Waals surface area contributed by atoms with Gasteiger partial charge in [0.2, 0.25) is 0 Å². The Morgan fingerprint density at radius 1 is 1.24 bits per heavy atom. The first-order valence-electron chi connectivity index (χ1n) is 7.36. The van der Waals surface area contributed by atoms with Gasteiger partial charge in [-0.2, -0.15) is 0 Å². The third-order valence-electron chi connectivity index (χ3n) is 3.85. The van der Waals surface area contributed by atoms with Crippen LogP contribution in [0.3, 0.4) is 0 Å². The molecule has 1 atom stereocenters. The summed E-state index contributed by atoms with van der Waals surface area (Å²) in [5, 5.41) is 3.46. The van der Waals surface area contributed by atoms with Crippen molar-refractivity contribution in [1.82, 2.24) is 10.2 Å². The van der Waals surface area contributed by atoms with Crippen LogP contribution in [0.15, 0.2) is 18.2 Å². The molecule has 1 amide bonds. The average molecular weight is 292 g/mol. The lowest BCUT2D eigenvalue weighted by molar-refractivity contribution is 0.0774. The summed E-state index contributed by atoms with van der Waals surface area (Å²) in [6.45, 7) is 1.76. The summed E-state index contributed by atoms with van der Waals surface area (Å²) in [4.78, 5) is 14.3. The summed E-state index contributed by atoms with van der Waals surface area (Å²) in [5.41, 5.74) is 0.588. The number of hydrogen-bond donors (Lipinski definition) is 1. The van der Waals surface area contributed by atoms with Crippen molar-refractivity contribution in [3.8, 4) is 11.5 Å². The Morgan fingerprint density at radius 2 is 1.90 bits per heavy atom. The maximum Gasteiger partial charge on any atom is 0.253 e. The molecular formula is C16H24N2O3. The number of carbonyl (C=O) groups is 1. The molecular weight excluding hydrogens is 268 g/mol. The molecule has 1 aliphatic heterocycles. The first-order chi connectivity index (χ1) is 10.1. The quantitative estimate of drug-likeness (QED) is 0.901. The molecule has 1 aliphatic rings. The van der Waals surface area contributed by atoms with Crippen molar-refractivity contribution in [1.29, 1.82) is 0 Å². The van der Waals surface area contributed by atoms with E-state index in [4.69, 9.17) is 9.47 Å². The van der Waals surface area contributed by atoms with E-state index in [9.17, 15) is 4.79 Å². The van der Waals surface area contributed by atoms with E-state index in [0.29, 0.717) is 23.1 Å². The van der Waals surface area contributed by atoms with Gasteiger partial charge in [0.15, 0.2) is 0 Å². The Balaban J connectivity index is 2.07. The minimum Gasteiger partial charge on any atom is -0.497 e. The molecule has 0 aliphatic carbocycles. The minimum atomic E-state index is -0.0143. The normalized spacial score (nSPS) is 18.1. The Labute approximate surface area is 126 Å². The molecule has 0 saturated carbocycles. The molecule has 21 heavy (non-hydrogen) atoms. The molecule has 5 heteroatoms. The molecule has 1 fully saturated rings. The Kier molecular flexibility index (Phi) is 5.44. The van der Waals surface area contributed by atoms with Gasteiger partial charge < -0.3 is 19.7 Å². The van der Waals surface area contributed by atoms with Gasteiger partial charge in [-0.05, 0) is 31.5 Å². The fourth-order valence-electron chi connectivity index (χ4n) is 2.64. The van der Waals surface area contributed by atoms with E-state index in [1.807, 2.05) is 7.05 Å². The van der Waals surface area contributed by atoms with Crippen molar-refractivity contribution in [2.75, 3.05) is 34.4 Å². The van der Waals surface area contributed by atoms with Gasteiger partial charge in [0.25, 0.3) is 5.91 Å². The minimum absolute atomic E-state index is 0.0143. The van der Waals surface area contributed by atoms with Crippen LogP contribution in [0.4, 0.5) is 0 Å². The molecule has 1 unspecified atom stereocenters. The maximum absolute atomic E-state index is 12.5. The van der Waals surface area contributed by atoms with Crippen molar-refractivity contribution >= 4 is 5.91 Å². The third kappa shape index (κ3) is 4.11. The number of likely N-dealkylation sites (N-methyl/N-ethyl adjacent to an activating group) is 1. The first kappa shape index (κ1) is 15.6. The summed E-state index contributed by atoms with van der Waals surface area (Å²) >= 11 is 0. The third-order valence-corrected chi connectivity index (χ3v) is 3.85. The van der Waals surface area contributed by atoms with Gasteiger partial charge in [-0.15, -0.1) is 0 Å². The molecule has 0 radical (unpaired) electrons. The van der Waals surface area contributed by atoms with E-state index in [0.717, 1.165) is 19.5 Å². The van der Waals surface area contributed by atoms with Gasteiger partial charge in [0, 0.05) is 31.3 Å². The van der Waals surface area contributed by atoms with Crippen LogP contribution < -0.4 is 14.8 Å². The van der Waals surface area contributed by atoms with Crippen LogP contribution in [0, 0.1) is 0 Å². The number of rotatable bonds is 5. The Morgan fingerprint density at radius 3 is 2.43 bits per heavy atom. The molecule has 116 valence electrons. The summed E-state index contributed by atoms with van der Waals surface area (Å²) in [7, 11) is 5.00. The van der Waals surface area contributed by atoms with E-state index < -0.39 is 0 Å². The Bertz CT molecular complexity index is 462. The lowest BCUT2D eigenvalue weighted by Gasteiger charge is -2.28. The number of hydrogen-bond acceptors (Lipinski definition) is 4. The second-order valence-electron chi connectivity index (χ2n) is 5.43. The van der Waals surface area contributed by atoms with Crippen molar-refractivity contribution in [3.05, 3.63) is 23.8 Å². The molecule has 1 N–H and O–H groups in total. The monoisotopic (exact) mass is 292 g/mol. The van der Waals surface area contributed by atoms with Crippen LogP contribution in [0.5, 0.6) is 11.5 Å². The number of methoxy groups -OCH3 is 2. The van der Waals surface area contributed by atoms with E-state index >= 15 is 0 Å². The van der Waals surface area contributed by atoms with Crippen LogP contribution in [-0.2, 0) is 0 Å². The zero-order chi connectivity index (χ0) is 15.2. The fourth-order valence-corrected chi connectivity index (χ4v) is 2.64. The number of nitrogens with one attached hydrogen (secondary N) is 1. The molecule has 1 aromatic carbocycles. The highest BCUT2D eigenvalue weighted by Gasteiger charge is 2.19. The molecule has 0 spiro atoms. The predicted molar refractivity (Wildman–Crippen MR) is 82.1 cm³/mol. The van der Waals surface area contributed by atoms with E-state index in [1.54, 1.807) is 37.3 Å². The largest absolute Gasteiger partial charge is 0.497 e. The van der Waals surface area contributed by atoms with Gasteiger partial charge in [-0.25, -0.2) is 0 Å². The van der Waals surface area contributed by atoms with Gasteiger partial charge in [0.05, 0.1) is 14.2 Å². The number of nitrogens with zero attached hydrogens (tertiary/aromatic N) is 1. The fraction of sp³-hybridized carbons (Fsp3) is 0.562. The first-order valence-corrected chi connectivity index (χ1v) is 7.36. The van der Waals surface area contributed by atoms with Crippen molar-refractivity contribution in [2.45, 2.75) is 25.3 Å². The molecule has 1 aromatic rings. The number of ether oxygens (including phenoxy) is 2. The second-order valence-corrected chi connectivity index (χ2v) is 5.43. The SMILES string of the molecule is COc1cc(OC)cc(C(=O)N(C)CC2CCCCN2)c1. The summed E-state index contributed by atoms with van der Waals surface area (Å²) in [5.74, 6) is 1.24. The summed E-state index contributed by atoms with van der Waals surface area (Å²) in [6.07, 6.45) is 3.58. The lowest BCUT2D eigenvalue weighted by Crippen LogP contribution is -2.44. The van der Waals surface area contributed by atoms with E-state index in [2.05, 4.69) is 5.32 Å². The zero-order valence-electron chi connectivity index (χ0n) is 13.0. The molecule has 0 bridgehead atoms. The molecule has 2 rings (SSSR count). The van der Waals surface area contributed by atoms with Crippen LogP contribution in [0.2, 0.25) is 0 Å². The number of piperidine rings is 1. The predicted octanol–water partition coefficient (Wildman–Crippen LogP) is 1.92. The second kappa shape index (κ2) is 7.31. The molecule has 5 nitrogen and oxygen atoms in total. The van der Waals surface area contributed by atoms with Crippen LogP contribution in [-0.4, -0.2) is 51.2 Å². The van der Waals surface area contributed by atoms with Crippen LogP contribution in [0.25, 0.3) is 0 Å². The highest BCUT2D eigenvalue weighted by atomic mass is 16.5. The Hall–Kier alpha value is -1.75. The highest BCUT2D eigenvalue weighted by Crippen LogP contribution is 2.23. The maximum atomic E-state index is 12.5. The standard InChI is InChI=1S/C16H24N2O3/c1-18(11-13-6-4-5-7-17-13)16(19)12-8-14(20-2)10-15(9-12)21-3/h8-10,13,17H,4-7,11H2,1-3H3. The molecule has 1 saturated heterocycles. The van der Waals surface area contributed by atoms with Crippen molar-refractivity contribution in [3.63, 3.8) is 0 Å². The van der Waals surface area contributed by atoms with Crippen molar-refractivity contribution < 1.29 is 14.3 Å². The zero-order valence-corrected chi connectivity index (χ0v) is 13.0.